The summed E-state index contributed by atoms with van der Waals surface area (Å²) in [4.78, 5) is 2.74. The lowest BCUT2D eigenvalue weighted by Gasteiger charge is -2.42. The molecule has 0 amide bonds. The molecule has 1 N–H and O–H groups in total. The van der Waals surface area contributed by atoms with Gasteiger partial charge in [-0.25, -0.2) is 0 Å². The number of hydrogen-bond donors (Lipinski definition) is 1. The Balaban J connectivity index is 2.19. The molecule has 0 radical (unpaired) electrons. The highest BCUT2D eigenvalue weighted by Crippen LogP contribution is 2.32. The zero-order valence-corrected chi connectivity index (χ0v) is 14.1. The van der Waals surface area contributed by atoms with E-state index in [1.165, 1.54) is 36.9 Å². The molecule has 0 heterocycles. The van der Waals surface area contributed by atoms with Crippen LogP contribution < -0.4 is 0 Å². The molecule has 21 heavy (non-hydrogen) atoms. The maximum absolute atomic E-state index is 9.68. The highest BCUT2D eigenvalue weighted by Gasteiger charge is 2.31. The van der Waals surface area contributed by atoms with Gasteiger partial charge in [0, 0.05) is 12.1 Å². The summed E-state index contributed by atoms with van der Waals surface area (Å²) in [5, 5.41) is 9.68. The molecule has 0 saturated heterocycles. The van der Waals surface area contributed by atoms with Gasteiger partial charge in [0.15, 0.2) is 0 Å². The quantitative estimate of drug-likeness (QED) is 0.839. The molecule has 2 heteroatoms. The molecule has 1 aliphatic rings. The van der Waals surface area contributed by atoms with Crippen molar-refractivity contribution in [1.29, 1.82) is 0 Å². The average Bonchev–Trinajstić information content (AvgIpc) is 2.44. The molecule has 1 aromatic carbocycles. The summed E-state index contributed by atoms with van der Waals surface area (Å²) in [5.41, 5.74) is 2.78. The Kier molecular flexibility index (Phi) is 5.69. The van der Waals surface area contributed by atoms with Crippen molar-refractivity contribution in [1.82, 2.24) is 4.90 Å². The number of fused-ring (bicyclic) bond motifs is 1. The fourth-order valence-electron chi connectivity index (χ4n) is 3.91. The van der Waals surface area contributed by atoms with Crippen LogP contribution in [0.3, 0.4) is 0 Å². The molecule has 2 rings (SSSR count). The Labute approximate surface area is 130 Å². The van der Waals surface area contributed by atoms with E-state index in [1.54, 1.807) is 0 Å². The molecule has 2 nitrogen and oxygen atoms in total. The topological polar surface area (TPSA) is 23.5 Å². The lowest BCUT2D eigenvalue weighted by atomic mass is 9.79. The van der Waals surface area contributed by atoms with E-state index in [4.69, 9.17) is 0 Å². The Morgan fingerprint density at radius 2 is 1.95 bits per heavy atom. The third-order valence-corrected chi connectivity index (χ3v) is 5.00. The van der Waals surface area contributed by atoms with Gasteiger partial charge >= 0.3 is 0 Å². The molecule has 3 atom stereocenters. The van der Waals surface area contributed by atoms with Crippen LogP contribution in [0.2, 0.25) is 0 Å². The number of nitrogens with zero attached hydrogens (tertiary/aromatic N) is 1. The van der Waals surface area contributed by atoms with Crippen molar-refractivity contribution in [2.45, 2.75) is 71.9 Å². The van der Waals surface area contributed by atoms with Crippen LogP contribution in [0.1, 0.15) is 58.1 Å². The Bertz CT molecular complexity index is 457. The van der Waals surface area contributed by atoms with Crippen LogP contribution in [0.25, 0.3) is 0 Å². The number of hydrogen-bond acceptors (Lipinski definition) is 2. The van der Waals surface area contributed by atoms with E-state index in [-0.39, 0.29) is 0 Å². The monoisotopic (exact) mass is 289 g/mol. The first kappa shape index (κ1) is 16.4. The molecule has 0 aliphatic heterocycles. The molecule has 0 spiro atoms. The Hall–Kier alpha value is -1.02. The molecule has 0 fully saturated rings. The second-order valence-corrected chi connectivity index (χ2v) is 6.78. The maximum Gasteiger partial charge on any atom is 0.115 e. The fourth-order valence-corrected chi connectivity index (χ4v) is 3.91. The number of rotatable bonds is 6. The largest absolute Gasteiger partial charge is 0.508 e. The summed E-state index contributed by atoms with van der Waals surface area (Å²) in [6, 6.07) is 7.23. The molecule has 0 aromatic heterocycles. The summed E-state index contributed by atoms with van der Waals surface area (Å²) in [5.74, 6) is 1.06. The SMILES string of the molecule is CCC[C@@H](C)N(CCC)[C@@H]1Cc2ccc(O)cc2C[C@H]1C. The predicted octanol–water partition coefficient (Wildman–Crippen LogP) is 4.40. The van der Waals surface area contributed by atoms with Gasteiger partial charge in [-0.2, -0.15) is 0 Å². The van der Waals surface area contributed by atoms with E-state index in [1.807, 2.05) is 12.1 Å². The third-order valence-electron chi connectivity index (χ3n) is 5.00. The average molecular weight is 289 g/mol. The highest BCUT2D eigenvalue weighted by atomic mass is 16.3. The minimum atomic E-state index is 0.407. The molecular weight excluding hydrogens is 258 g/mol. The van der Waals surface area contributed by atoms with Crippen LogP contribution >= 0.6 is 0 Å². The molecular formula is C19H31NO. The van der Waals surface area contributed by atoms with Crippen molar-refractivity contribution in [2.24, 2.45) is 5.92 Å². The summed E-state index contributed by atoms with van der Waals surface area (Å²) >= 11 is 0. The van der Waals surface area contributed by atoms with Gasteiger partial charge in [0.1, 0.15) is 5.75 Å². The van der Waals surface area contributed by atoms with Crippen LogP contribution in [0.4, 0.5) is 0 Å². The first-order valence-electron chi connectivity index (χ1n) is 8.63. The van der Waals surface area contributed by atoms with Crippen molar-refractivity contribution >= 4 is 0 Å². The van der Waals surface area contributed by atoms with Gasteiger partial charge in [0.05, 0.1) is 0 Å². The summed E-state index contributed by atoms with van der Waals surface area (Å²) in [6.45, 7) is 10.5. The number of benzene rings is 1. The molecule has 1 aliphatic carbocycles. The summed E-state index contributed by atoms with van der Waals surface area (Å²) in [6.07, 6.45) is 5.98. The third kappa shape index (κ3) is 3.79. The number of aromatic hydroxyl groups is 1. The van der Waals surface area contributed by atoms with Gasteiger partial charge in [0.2, 0.25) is 0 Å². The van der Waals surface area contributed by atoms with Crippen molar-refractivity contribution in [3.8, 4) is 5.75 Å². The molecule has 0 bridgehead atoms. The number of phenols is 1. The zero-order chi connectivity index (χ0) is 15.4. The summed E-state index contributed by atoms with van der Waals surface area (Å²) < 4.78 is 0. The van der Waals surface area contributed by atoms with Crippen LogP contribution in [0.5, 0.6) is 5.75 Å². The summed E-state index contributed by atoms with van der Waals surface area (Å²) in [7, 11) is 0. The van der Waals surface area contributed by atoms with Crippen molar-refractivity contribution < 1.29 is 5.11 Å². The van der Waals surface area contributed by atoms with E-state index >= 15 is 0 Å². The normalized spacial score (nSPS) is 23.1. The van der Waals surface area contributed by atoms with Crippen molar-refractivity contribution in [3.63, 3.8) is 0 Å². The van der Waals surface area contributed by atoms with Crippen molar-refractivity contribution in [2.75, 3.05) is 6.54 Å². The molecule has 0 unspecified atom stereocenters. The first-order valence-corrected chi connectivity index (χ1v) is 8.63. The maximum atomic E-state index is 9.68. The number of phenolic OH excluding ortho intramolecular Hbond substituents is 1. The van der Waals surface area contributed by atoms with Crippen LogP contribution in [0, 0.1) is 5.92 Å². The van der Waals surface area contributed by atoms with Gasteiger partial charge in [-0.3, -0.25) is 4.90 Å². The molecule has 0 saturated carbocycles. The molecule has 1 aromatic rings. The zero-order valence-electron chi connectivity index (χ0n) is 14.1. The minimum absolute atomic E-state index is 0.407. The van der Waals surface area contributed by atoms with Crippen LogP contribution in [0.15, 0.2) is 18.2 Å². The molecule has 118 valence electrons. The van der Waals surface area contributed by atoms with Gasteiger partial charge in [-0.15, -0.1) is 0 Å². The Morgan fingerprint density at radius 3 is 2.62 bits per heavy atom. The van der Waals surface area contributed by atoms with Crippen LogP contribution in [-0.2, 0) is 12.8 Å². The van der Waals surface area contributed by atoms with E-state index < -0.39 is 0 Å². The standard InChI is InChI=1S/C19H31NO/c1-5-7-15(4)20(10-6-2)19-13-16-8-9-18(21)12-17(16)11-14(19)3/h8-9,12,14-15,19,21H,5-7,10-11,13H2,1-4H3/t14-,15-,19-/m1/s1. The van der Waals surface area contributed by atoms with Gasteiger partial charge in [-0.1, -0.05) is 33.3 Å². The highest BCUT2D eigenvalue weighted by molar-refractivity contribution is 5.37. The minimum Gasteiger partial charge on any atom is -0.508 e. The van der Waals surface area contributed by atoms with E-state index in [0.29, 0.717) is 23.8 Å². The second kappa shape index (κ2) is 7.31. The van der Waals surface area contributed by atoms with Crippen molar-refractivity contribution in [3.05, 3.63) is 29.3 Å². The lowest BCUT2D eigenvalue weighted by molar-refractivity contribution is 0.0921. The first-order chi connectivity index (χ1) is 10.1. The lowest BCUT2D eigenvalue weighted by Crippen LogP contribution is -2.48. The van der Waals surface area contributed by atoms with Gasteiger partial charge in [-0.05, 0) is 68.3 Å². The fraction of sp³-hybridized carbons (Fsp3) is 0.684. The van der Waals surface area contributed by atoms with Gasteiger partial charge < -0.3 is 5.11 Å². The van der Waals surface area contributed by atoms with E-state index in [0.717, 1.165) is 12.8 Å². The van der Waals surface area contributed by atoms with Gasteiger partial charge in [0.25, 0.3) is 0 Å². The van der Waals surface area contributed by atoms with Crippen LogP contribution in [-0.4, -0.2) is 28.6 Å². The second-order valence-electron chi connectivity index (χ2n) is 6.78. The predicted molar refractivity (Wildman–Crippen MR) is 89.8 cm³/mol. The Morgan fingerprint density at radius 1 is 1.19 bits per heavy atom. The van der Waals surface area contributed by atoms with E-state index in [2.05, 4.69) is 38.7 Å². The smallest absolute Gasteiger partial charge is 0.115 e. The van der Waals surface area contributed by atoms with E-state index in [9.17, 15) is 5.11 Å².